The van der Waals surface area contributed by atoms with Crippen molar-refractivity contribution in [2.45, 2.75) is 13.0 Å². The Balaban J connectivity index is 1.65. The number of aromatic nitrogens is 2. The molecule has 1 aromatic heterocycles. The molecule has 3 aromatic rings. The Morgan fingerprint density at radius 1 is 1.21 bits per heavy atom. The van der Waals surface area contributed by atoms with Gasteiger partial charge < -0.3 is 9.15 Å². The highest BCUT2D eigenvalue weighted by Gasteiger charge is 2.18. The van der Waals surface area contributed by atoms with Crippen LogP contribution in [0.4, 0.5) is 10.1 Å². The van der Waals surface area contributed by atoms with Gasteiger partial charge in [-0.3, -0.25) is 10.1 Å². The van der Waals surface area contributed by atoms with Crippen LogP contribution in [0.25, 0.3) is 17.5 Å². The Morgan fingerprint density at radius 2 is 1.93 bits per heavy atom. The molecular weight excluding hydrogens is 369 g/mol. The lowest BCUT2D eigenvalue weighted by molar-refractivity contribution is -0.384. The molecule has 0 aliphatic heterocycles. The molecule has 28 heavy (non-hydrogen) atoms. The van der Waals surface area contributed by atoms with Crippen LogP contribution in [0.1, 0.15) is 24.5 Å². The monoisotopic (exact) mass is 383 g/mol. The van der Waals surface area contributed by atoms with E-state index in [1.165, 1.54) is 42.5 Å². The number of halogens is 1. The average Bonchev–Trinajstić information content (AvgIpc) is 3.18. The first-order valence-electron chi connectivity index (χ1n) is 8.15. The zero-order valence-electron chi connectivity index (χ0n) is 14.6. The number of nitrogens with zero attached hydrogens (tertiary/aromatic N) is 3. The lowest BCUT2D eigenvalue weighted by Gasteiger charge is -2.06. The molecule has 0 saturated carbocycles. The molecule has 9 heteroatoms. The molecule has 2 aromatic carbocycles. The van der Waals surface area contributed by atoms with Crippen molar-refractivity contribution in [3.63, 3.8) is 0 Å². The quantitative estimate of drug-likeness (QED) is 0.273. The number of hydrogen-bond donors (Lipinski definition) is 0. The van der Waals surface area contributed by atoms with Crippen molar-refractivity contribution < 1.29 is 23.3 Å². The Labute approximate surface area is 158 Å². The Morgan fingerprint density at radius 3 is 2.61 bits per heavy atom. The van der Waals surface area contributed by atoms with E-state index in [1.54, 1.807) is 19.1 Å². The smallest absolute Gasteiger partial charge is 0.331 e. The number of non-ortho nitro benzene ring substituents is 1. The summed E-state index contributed by atoms with van der Waals surface area (Å²) in [5.41, 5.74) is 0.681. The highest BCUT2D eigenvalue weighted by atomic mass is 19.1. The van der Waals surface area contributed by atoms with Gasteiger partial charge in [-0.25, -0.2) is 9.18 Å². The molecule has 3 rings (SSSR count). The molecule has 0 aliphatic carbocycles. The Hall–Kier alpha value is -3.88. The van der Waals surface area contributed by atoms with Gasteiger partial charge in [0.25, 0.3) is 11.6 Å². The third kappa shape index (κ3) is 4.44. The molecule has 1 heterocycles. The van der Waals surface area contributed by atoms with Gasteiger partial charge in [0.15, 0.2) is 6.10 Å². The maximum absolute atomic E-state index is 13.5. The van der Waals surface area contributed by atoms with Crippen LogP contribution in [-0.4, -0.2) is 21.1 Å². The van der Waals surface area contributed by atoms with E-state index in [0.717, 1.165) is 6.08 Å². The van der Waals surface area contributed by atoms with E-state index in [4.69, 9.17) is 9.15 Å². The summed E-state index contributed by atoms with van der Waals surface area (Å²) in [7, 11) is 0. The zero-order chi connectivity index (χ0) is 20.1. The first kappa shape index (κ1) is 18.9. The second-order valence-electron chi connectivity index (χ2n) is 5.68. The van der Waals surface area contributed by atoms with Crippen LogP contribution < -0.4 is 0 Å². The van der Waals surface area contributed by atoms with Gasteiger partial charge >= 0.3 is 5.97 Å². The summed E-state index contributed by atoms with van der Waals surface area (Å²) in [5, 5.41) is 18.4. The van der Waals surface area contributed by atoms with E-state index >= 15 is 0 Å². The predicted octanol–water partition coefficient (Wildman–Crippen LogP) is 4.10. The summed E-state index contributed by atoms with van der Waals surface area (Å²) in [4.78, 5) is 22.1. The molecule has 0 fully saturated rings. The molecule has 0 amide bonds. The number of nitro groups is 1. The second kappa shape index (κ2) is 8.21. The molecular formula is C19H14FN3O5. The molecule has 0 spiro atoms. The largest absolute Gasteiger partial charge is 0.449 e. The van der Waals surface area contributed by atoms with Crippen LogP contribution in [0.5, 0.6) is 0 Å². The van der Waals surface area contributed by atoms with E-state index < -0.39 is 22.8 Å². The van der Waals surface area contributed by atoms with Gasteiger partial charge in [-0.2, -0.15) is 0 Å². The number of carbonyl (C=O) groups excluding carboxylic acids is 1. The highest BCUT2D eigenvalue weighted by molar-refractivity contribution is 5.87. The number of hydrogen-bond acceptors (Lipinski definition) is 7. The molecule has 0 radical (unpaired) electrons. The number of rotatable bonds is 6. The Bertz CT molecular complexity index is 1030. The first-order valence-corrected chi connectivity index (χ1v) is 8.15. The lowest BCUT2D eigenvalue weighted by Crippen LogP contribution is -2.06. The summed E-state index contributed by atoms with van der Waals surface area (Å²) in [6, 6.07) is 11.6. The molecule has 1 atom stereocenters. The number of carbonyl (C=O) groups is 1. The van der Waals surface area contributed by atoms with Crippen molar-refractivity contribution in [3.05, 3.63) is 82.0 Å². The van der Waals surface area contributed by atoms with Gasteiger partial charge in [0.05, 0.1) is 4.92 Å². The number of esters is 1. The summed E-state index contributed by atoms with van der Waals surface area (Å²) in [5.74, 6) is -0.967. The summed E-state index contributed by atoms with van der Waals surface area (Å²) >= 11 is 0. The maximum Gasteiger partial charge on any atom is 0.331 e. The molecule has 0 unspecified atom stereocenters. The fourth-order valence-electron chi connectivity index (χ4n) is 2.27. The van der Waals surface area contributed by atoms with Crippen LogP contribution in [0, 0.1) is 15.9 Å². The van der Waals surface area contributed by atoms with Crippen LogP contribution in [0.3, 0.4) is 0 Å². The minimum Gasteiger partial charge on any atom is -0.449 e. The minimum atomic E-state index is -0.836. The summed E-state index contributed by atoms with van der Waals surface area (Å²) in [6.45, 7) is 1.54. The molecule has 0 aliphatic rings. The van der Waals surface area contributed by atoms with Crippen LogP contribution in [0.2, 0.25) is 0 Å². The van der Waals surface area contributed by atoms with E-state index in [0.29, 0.717) is 5.56 Å². The van der Waals surface area contributed by atoms with Crippen molar-refractivity contribution in [1.29, 1.82) is 0 Å². The number of ether oxygens (including phenoxy) is 1. The third-order valence-corrected chi connectivity index (χ3v) is 3.71. The zero-order valence-corrected chi connectivity index (χ0v) is 14.6. The van der Waals surface area contributed by atoms with Gasteiger partial charge in [0.1, 0.15) is 5.82 Å². The van der Waals surface area contributed by atoms with E-state index in [-0.39, 0.29) is 23.0 Å². The summed E-state index contributed by atoms with van der Waals surface area (Å²) < 4.78 is 24.2. The van der Waals surface area contributed by atoms with Gasteiger partial charge in [-0.15, -0.1) is 10.2 Å². The van der Waals surface area contributed by atoms with Crippen molar-refractivity contribution in [2.24, 2.45) is 0 Å². The van der Waals surface area contributed by atoms with Crippen molar-refractivity contribution in [2.75, 3.05) is 0 Å². The normalized spacial score (nSPS) is 12.1. The Kier molecular flexibility index (Phi) is 5.54. The maximum atomic E-state index is 13.5. The van der Waals surface area contributed by atoms with Gasteiger partial charge in [0, 0.05) is 29.3 Å². The standard InChI is InChI=1S/C19H14FN3O5/c1-12(27-17(24)11-8-13-4-2-3-5-16(13)20)18-21-22-19(28-18)14-6-9-15(10-7-14)23(25)26/h2-12H,1H3/b11-8+/t12-/m0/s1. The first-order chi connectivity index (χ1) is 13.4. The topological polar surface area (TPSA) is 108 Å². The lowest BCUT2D eigenvalue weighted by atomic mass is 10.2. The van der Waals surface area contributed by atoms with Crippen molar-refractivity contribution >= 4 is 17.7 Å². The molecule has 8 nitrogen and oxygen atoms in total. The van der Waals surface area contributed by atoms with Crippen LogP contribution >= 0.6 is 0 Å². The highest BCUT2D eigenvalue weighted by Crippen LogP contribution is 2.24. The van der Waals surface area contributed by atoms with Crippen LogP contribution in [0.15, 0.2) is 59.0 Å². The van der Waals surface area contributed by atoms with Gasteiger partial charge in [-0.1, -0.05) is 18.2 Å². The number of benzene rings is 2. The fourth-order valence-corrected chi connectivity index (χ4v) is 2.27. The van der Waals surface area contributed by atoms with Gasteiger partial charge in [-0.05, 0) is 31.2 Å². The molecule has 142 valence electrons. The fraction of sp³-hybridized carbons (Fsp3) is 0.105. The molecule has 0 saturated heterocycles. The van der Waals surface area contributed by atoms with E-state index in [9.17, 15) is 19.3 Å². The number of nitro benzene ring substituents is 1. The van der Waals surface area contributed by atoms with E-state index in [1.807, 2.05) is 0 Å². The molecule has 0 N–H and O–H groups in total. The van der Waals surface area contributed by atoms with Crippen LogP contribution in [-0.2, 0) is 9.53 Å². The van der Waals surface area contributed by atoms with Crippen molar-refractivity contribution in [3.8, 4) is 11.5 Å². The average molecular weight is 383 g/mol. The third-order valence-electron chi connectivity index (χ3n) is 3.71. The summed E-state index contributed by atoms with van der Waals surface area (Å²) in [6.07, 6.45) is 1.57. The van der Waals surface area contributed by atoms with Gasteiger partial charge in [0.2, 0.25) is 5.89 Å². The minimum absolute atomic E-state index is 0.0565. The van der Waals surface area contributed by atoms with E-state index in [2.05, 4.69) is 10.2 Å². The second-order valence-corrected chi connectivity index (χ2v) is 5.68. The SMILES string of the molecule is C[C@H](OC(=O)/C=C/c1ccccc1F)c1nnc(-c2ccc([N+](=O)[O-])cc2)o1. The molecule has 0 bridgehead atoms. The van der Waals surface area contributed by atoms with Crippen molar-refractivity contribution in [1.82, 2.24) is 10.2 Å². The predicted molar refractivity (Wildman–Crippen MR) is 96.3 cm³/mol.